The fourth-order valence-electron chi connectivity index (χ4n) is 2.96. The molecule has 2 aromatic heterocycles. The Morgan fingerprint density at radius 1 is 0.964 bits per heavy atom. The Labute approximate surface area is 163 Å². The van der Waals surface area contributed by atoms with E-state index in [1.807, 2.05) is 86.8 Å². The molecule has 0 unspecified atom stereocenters. The van der Waals surface area contributed by atoms with Gasteiger partial charge >= 0.3 is 0 Å². The van der Waals surface area contributed by atoms with Crippen LogP contribution in [0.25, 0.3) is 23.2 Å². The number of para-hydroxylation sites is 1. The Hall–Kier alpha value is -3.66. The Kier molecular flexibility index (Phi) is 4.77. The van der Waals surface area contributed by atoms with Gasteiger partial charge in [-0.3, -0.25) is 4.79 Å². The number of benzene rings is 2. The maximum atomic E-state index is 12.5. The molecule has 0 aliphatic heterocycles. The second-order valence-electron chi connectivity index (χ2n) is 6.69. The van der Waals surface area contributed by atoms with Crippen molar-refractivity contribution in [2.75, 3.05) is 0 Å². The number of carbonyl (C=O) groups excluding carboxylic acids is 1. The maximum Gasteiger partial charge on any atom is 0.185 e. The first-order chi connectivity index (χ1) is 13.6. The lowest BCUT2D eigenvalue weighted by Crippen LogP contribution is -1.93. The molecule has 0 aliphatic carbocycles. The van der Waals surface area contributed by atoms with Crippen molar-refractivity contribution in [3.63, 3.8) is 0 Å². The molecule has 0 saturated carbocycles. The Morgan fingerprint density at radius 3 is 2.39 bits per heavy atom. The van der Waals surface area contributed by atoms with Crippen molar-refractivity contribution in [1.29, 1.82) is 0 Å². The lowest BCUT2D eigenvalue weighted by molar-refractivity contribution is 0.104. The average Bonchev–Trinajstić information content (AvgIpc) is 3.33. The SMILES string of the molecule is Cc1ccc(C(=O)C=Cc2cn(-c3ccccc3)nc2-c2ccc(C)o2)cc1. The topological polar surface area (TPSA) is 48.0 Å². The van der Waals surface area contributed by atoms with E-state index in [1.165, 1.54) is 0 Å². The number of aryl methyl sites for hydroxylation is 2. The Bertz CT molecular complexity index is 1130. The lowest BCUT2D eigenvalue weighted by Gasteiger charge is -1.98. The van der Waals surface area contributed by atoms with Crippen LogP contribution >= 0.6 is 0 Å². The van der Waals surface area contributed by atoms with Crippen LogP contribution in [0.3, 0.4) is 0 Å². The van der Waals surface area contributed by atoms with Crippen LogP contribution in [-0.4, -0.2) is 15.6 Å². The van der Waals surface area contributed by atoms with Crippen LogP contribution in [0.15, 0.2) is 83.4 Å². The van der Waals surface area contributed by atoms with Crippen molar-refractivity contribution in [3.8, 4) is 17.1 Å². The first-order valence-electron chi connectivity index (χ1n) is 9.11. The number of rotatable bonds is 5. The van der Waals surface area contributed by atoms with Crippen LogP contribution < -0.4 is 0 Å². The van der Waals surface area contributed by atoms with Gasteiger partial charge < -0.3 is 4.42 Å². The monoisotopic (exact) mass is 368 g/mol. The molecule has 0 aliphatic rings. The van der Waals surface area contributed by atoms with E-state index in [0.29, 0.717) is 17.0 Å². The minimum Gasteiger partial charge on any atom is -0.460 e. The number of hydrogen-bond acceptors (Lipinski definition) is 3. The van der Waals surface area contributed by atoms with Crippen LogP contribution in [0.4, 0.5) is 0 Å². The van der Waals surface area contributed by atoms with E-state index >= 15 is 0 Å². The maximum absolute atomic E-state index is 12.5. The van der Waals surface area contributed by atoms with Gasteiger partial charge in [-0.05, 0) is 50.3 Å². The van der Waals surface area contributed by atoms with Crippen molar-refractivity contribution in [2.24, 2.45) is 0 Å². The van der Waals surface area contributed by atoms with Crippen molar-refractivity contribution < 1.29 is 9.21 Å². The van der Waals surface area contributed by atoms with E-state index in [1.54, 1.807) is 16.8 Å². The summed E-state index contributed by atoms with van der Waals surface area (Å²) in [6.07, 6.45) is 5.28. The van der Waals surface area contributed by atoms with Gasteiger partial charge in [-0.1, -0.05) is 48.0 Å². The van der Waals surface area contributed by atoms with Gasteiger partial charge in [0.1, 0.15) is 11.5 Å². The van der Waals surface area contributed by atoms with Gasteiger partial charge in [0, 0.05) is 17.3 Å². The number of ketones is 1. The van der Waals surface area contributed by atoms with Crippen molar-refractivity contribution in [2.45, 2.75) is 13.8 Å². The second kappa shape index (κ2) is 7.53. The van der Waals surface area contributed by atoms with E-state index in [2.05, 4.69) is 5.10 Å². The van der Waals surface area contributed by atoms with Gasteiger partial charge in [-0.2, -0.15) is 5.10 Å². The molecule has 4 nitrogen and oxygen atoms in total. The summed E-state index contributed by atoms with van der Waals surface area (Å²) >= 11 is 0. The minimum atomic E-state index is -0.0472. The molecule has 4 aromatic rings. The highest BCUT2D eigenvalue weighted by molar-refractivity contribution is 6.07. The highest BCUT2D eigenvalue weighted by atomic mass is 16.3. The van der Waals surface area contributed by atoms with Gasteiger partial charge in [0.05, 0.1) is 5.69 Å². The largest absolute Gasteiger partial charge is 0.460 e. The van der Waals surface area contributed by atoms with Crippen LogP contribution in [0, 0.1) is 13.8 Å². The number of nitrogens with zero attached hydrogens (tertiary/aromatic N) is 2. The molecule has 0 spiro atoms. The molecule has 0 atom stereocenters. The molecule has 0 saturated heterocycles. The Morgan fingerprint density at radius 2 is 1.71 bits per heavy atom. The van der Waals surface area contributed by atoms with E-state index in [-0.39, 0.29) is 5.78 Å². The molecular weight excluding hydrogens is 348 g/mol. The number of carbonyl (C=O) groups is 1. The lowest BCUT2D eigenvalue weighted by atomic mass is 10.1. The molecule has 2 aromatic carbocycles. The first kappa shape index (κ1) is 17.7. The predicted octanol–water partition coefficient (Wildman–Crippen LogP) is 5.65. The van der Waals surface area contributed by atoms with E-state index in [0.717, 1.165) is 22.6 Å². The zero-order valence-corrected chi connectivity index (χ0v) is 15.8. The molecule has 0 radical (unpaired) electrons. The quantitative estimate of drug-likeness (QED) is 0.338. The molecule has 2 heterocycles. The van der Waals surface area contributed by atoms with Gasteiger partial charge in [0.25, 0.3) is 0 Å². The van der Waals surface area contributed by atoms with Gasteiger partial charge in [0.2, 0.25) is 0 Å². The van der Waals surface area contributed by atoms with Crippen molar-refractivity contribution in [3.05, 3.63) is 101 Å². The highest BCUT2D eigenvalue weighted by Crippen LogP contribution is 2.26. The fourth-order valence-corrected chi connectivity index (χ4v) is 2.96. The molecular formula is C24H20N2O2. The third kappa shape index (κ3) is 3.71. The van der Waals surface area contributed by atoms with Gasteiger partial charge in [0.15, 0.2) is 11.5 Å². The van der Waals surface area contributed by atoms with Gasteiger partial charge in [-0.15, -0.1) is 0 Å². The van der Waals surface area contributed by atoms with Crippen LogP contribution in [-0.2, 0) is 0 Å². The zero-order valence-electron chi connectivity index (χ0n) is 15.8. The summed E-state index contributed by atoms with van der Waals surface area (Å²) in [4.78, 5) is 12.5. The molecule has 0 N–H and O–H groups in total. The standard InChI is InChI=1S/C24H20N2O2/c1-17-8-11-19(12-9-17)22(27)14-13-20-16-26(21-6-4-3-5-7-21)25-24(20)23-15-10-18(2)28-23/h3-16H,1-2H3. The molecule has 0 fully saturated rings. The summed E-state index contributed by atoms with van der Waals surface area (Å²) in [7, 11) is 0. The zero-order chi connectivity index (χ0) is 19.5. The number of hydrogen-bond donors (Lipinski definition) is 0. The fraction of sp³-hybridized carbons (Fsp3) is 0.0833. The summed E-state index contributed by atoms with van der Waals surface area (Å²) in [5, 5.41) is 4.69. The summed E-state index contributed by atoms with van der Waals surface area (Å²) in [6.45, 7) is 3.90. The first-order valence-corrected chi connectivity index (χ1v) is 9.11. The molecule has 138 valence electrons. The third-order valence-electron chi connectivity index (χ3n) is 4.49. The van der Waals surface area contributed by atoms with Gasteiger partial charge in [-0.25, -0.2) is 4.68 Å². The summed E-state index contributed by atoms with van der Waals surface area (Å²) in [5.74, 6) is 1.44. The highest BCUT2D eigenvalue weighted by Gasteiger charge is 2.14. The van der Waals surface area contributed by atoms with Crippen molar-refractivity contribution in [1.82, 2.24) is 9.78 Å². The van der Waals surface area contributed by atoms with E-state index in [9.17, 15) is 4.79 Å². The van der Waals surface area contributed by atoms with Crippen LogP contribution in [0.5, 0.6) is 0 Å². The number of aromatic nitrogens is 2. The Balaban J connectivity index is 1.71. The normalized spacial score (nSPS) is 11.2. The summed E-state index contributed by atoms with van der Waals surface area (Å²) in [6, 6.07) is 21.2. The van der Waals surface area contributed by atoms with E-state index < -0.39 is 0 Å². The molecule has 28 heavy (non-hydrogen) atoms. The molecule has 0 bridgehead atoms. The second-order valence-corrected chi connectivity index (χ2v) is 6.69. The summed E-state index contributed by atoms with van der Waals surface area (Å²) in [5.41, 5.74) is 4.24. The van der Waals surface area contributed by atoms with Crippen molar-refractivity contribution >= 4 is 11.9 Å². The molecule has 4 heteroatoms. The number of allylic oxidation sites excluding steroid dienone is 1. The third-order valence-corrected chi connectivity index (χ3v) is 4.49. The smallest absolute Gasteiger partial charge is 0.185 e. The van der Waals surface area contributed by atoms with Crippen LogP contribution in [0.2, 0.25) is 0 Å². The van der Waals surface area contributed by atoms with Crippen LogP contribution in [0.1, 0.15) is 27.2 Å². The summed E-state index contributed by atoms with van der Waals surface area (Å²) < 4.78 is 7.56. The predicted molar refractivity (Wildman–Crippen MR) is 111 cm³/mol. The van der Waals surface area contributed by atoms with E-state index in [4.69, 9.17) is 4.42 Å². The molecule has 4 rings (SSSR count). The number of furan rings is 1. The minimum absolute atomic E-state index is 0.0472. The molecule has 0 amide bonds. The average molecular weight is 368 g/mol.